The number of benzene rings is 3. The van der Waals surface area contributed by atoms with Gasteiger partial charge in [0.2, 0.25) is 11.8 Å². The number of hydrogen-bond donors (Lipinski definition) is 1. The summed E-state index contributed by atoms with van der Waals surface area (Å²) in [6.07, 6.45) is 5.04. The molecule has 11 heteroatoms. The Labute approximate surface area is 266 Å². The highest BCUT2D eigenvalue weighted by atomic mass is 79.9. The highest BCUT2D eigenvalue weighted by molar-refractivity contribution is 9.10. The van der Waals surface area contributed by atoms with E-state index in [9.17, 15) is 18.0 Å². The van der Waals surface area contributed by atoms with Gasteiger partial charge in [-0.05, 0) is 68.7 Å². The van der Waals surface area contributed by atoms with Crippen molar-refractivity contribution in [3.63, 3.8) is 0 Å². The molecule has 0 aromatic heterocycles. The molecule has 1 aliphatic carbocycles. The number of carbonyl (C=O) groups is 2. The van der Waals surface area contributed by atoms with Crippen LogP contribution in [0.1, 0.15) is 50.2 Å². The SMILES string of the molecule is Cc1ccc(S(=O)(=O)N(CC(=O)N(Cc2ccc(Br)cc2)C(C)C(=O)NC2CCCCC2)c2cccc(Cl)c2Cl)cc1. The van der Waals surface area contributed by atoms with Crippen LogP contribution in [0.25, 0.3) is 0 Å². The van der Waals surface area contributed by atoms with Crippen molar-refractivity contribution in [3.05, 3.63) is 92.4 Å². The third-order valence-electron chi connectivity index (χ3n) is 7.47. The molecule has 1 atom stereocenters. The number of amides is 2. The van der Waals surface area contributed by atoms with Crippen LogP contribution in [-0.2, 0) is 26.2 Å². The van der Waals surface area contributed by atoms with Crippen LogP contribution in [0, 0.1) is 6.92 Å². The molecule has 1 N–H and O–H groups in total. The lowest BCUT2D eigenvalue weighted by atomic mass is 9.95. The Hall–Kier alpha value is -2.59. The Morgan fingerprint density at radius 3 is 2.26 bits per heavy atom. The second-order valence-electron chi connectivity index (χ2n) is 10.6. The number of anilines is 1. The van der Waals surface area contributed by atoms with E-state index in [1.165, 1.54) is 23.1 Å². The van der Waals surface area contributed by atoms with Crippen molar-refractivity contribution < 1.29 is 18.0 Å². The maximum Gasteiger partial charge on any atom is 0.264 e. The summed E-state index contributed by atoms with van der Waals surface area (Å²) in [5.74, 6) is -0.836. The van der Waals surface area contributed by atoms with Crippen molar-refractivity contribution in [2.45, 2.75) is 69.5 Å². The summed E-state index contributed by atoms with van der Waals surface area (Å²) in [6.45, 7) is 3.03. The Bertz CT molecular complexity index is 1510. The monoisotopic (exact) mass is 693 g/mol. The fourth-order valence-corrected chi connectivity index (χ4v) is 7.11. The lowest BCUT2D eigenvalue weighted by Gasteiger charge is -2.33. The van der Waals surface area contributed by atoms with Gasteiger partial charge in [0, 0.05) is 17.1 Å². The summed E-state index contributed by atoms with van der Waals surface area (Å²) >= 11 is 16.2. The first kappa shape index (κ1) is 32.3. The predicted molar refractivity (Wildman–Crippen MR) is 171 cm³/mol. The number of nitrogens with zero attached hydrogens (tertiary/aromatic N) is 2. The Morgan fingerprint density at radius 2 is 1.62 bits per heavy atom. The van der Waals surface area contributed by atoms with Crippen molar-refractivity contribution in [1.29, 1.82) is 0 Å². The Kier molecular flexibility index (Phi) is 11.0. The van der Waals surface area contributed by atoms with E-state index < -0.39 is 28.5 Å². The van der Waals surface area contributed by atoms with Gasteiger partial charge >= 0.3 is 0 Å². The number of rotatable bonds is 10. The van der Waals surface area contributed by atoms with Gasteiger partial charge in [0.1, 0.15) is 12.6 Å². The molecular formula is C31H34BrCl2N3O4S. The van der Waals surface area contributed by atoms with Crippen LogP contribution in [0.4, 0.5) is 5.69 Å². The van der Waals surface area contributed by atoms with Crippen LogP contribution < -0.4 is 9.62 Å². The molecule has 0 radical (unpaired) electrons. The molecule has 2 amide bonds. The normalized spacial score (nSPS) is 14.7. The summed E-state index contributed by atoms with van der Waals surface area (Å²) < 4.78 is 29.8. The standard InChI is InChI=1S/C31H34BrCl2N3O4S/c1-21-11-17-26(18-12-21)42(40,41)37(28-10-6-9-27(33)30(28)34)20-29(38)36(19-23-13-15-24(32)16-14-23)22(2)31(39)35-25-7-4-3-5-8-25/h6,9-18,22,25H,3-5,7-8,19-20H2,1-2H3,(H,35,39). The minimum absolute atomic E-state index is 0.000471. The summed E-state index contributed by atoms with van der Waals surface area (Å²) in [5, 5.41) is 3.26. The van der Waals surface area contributed by atoms with E-state index in [4.69, 9.17) is 23.2 Å². The van der Waals surface area contributed by atoms with E-state index in [0.29, 0.717) is 0 Å². The van der Waals surface area contributed by atoms with Crippen molar-refractivity contribution in [2.75, 3.05) is 10.8 Å². The Morgan fingerprint density at radius 1 is 0.976 bits per heavy atom. The van der Waals surface area contributed by atoms with Crippen LogP contribution in [-0.4, -0.2) is 43.8 Å². The molecule has 1 unspecified atom stereocenters. The van der Waals surface area contributed by atoms with Crippen LogP contribution in [0.3, 0.4) is 0 Å². The maximum atomic E-state index is 14.1. The number of halogens is 3. The third-order valence-corrected chi connectivity index (χ3v) is 10.6. The van der Waals surface area contributed by atoms with Crippen molar-refractivity contribution in [3.8, 4) is 0 Å². The molecule has 3 aromatic carbocycles. The topological polar surface area (TPSA) is 86.8 Å². The zero-order valence-corrected chi connectivity index (χ0v) is 27.4. The largest absolute Gasteiger partial charge is 0.352 e. The molecular weight excluding hydrogens is 661 g/mol. The fraction of sp³-hybridized carbons (Fsp3) is 0.355. The first-order valence-electron chi connectivity index (χ1n) is 13.8. The smallest absolute Gasteiger partial charge is 0.264 e. The van der Waals surface area contributed by atoms with Gasteiger partial charge < -0.3 is 10.2 Å². The average molecular weight is 696 g/mol. The van der Waals surface area contributed by atoms with Gasteiger partial charge in [-0.25, -0.2) is 8.42 Å². The van der Waals surface area contributed by atoms with Gasteiger partial charge in [0.15, 0.2) is 0 Å². The van der Waals surface area contributed by atoms with E-state index in [1.807, 2.05) is 31.2 Å². The van der Waals surface area contributed by atoms with Crippen molar-refractivity contribution in [1.82, 2.24) is 10.2 Å². The molecule has 1 fully saturated rings. The predicted octanol–water partition coefficient (Wildman–Crippen LogP) is 7.13. The molecule has 3 aromatic rings. The number of sulfonamides is 1. The molecule has 7 nitrogen and oxygen atoms in total. The average Bonchev–Trinajstić information content (AvgIpc) is 2.97. The van der Waals surface area contributed by atoms with Crippen LogP contribution in [0.15, 0.2) is 76.1 Å². The minimum Gasteiger partial charge on any atom is -0.352 e. The number of carbonyl (C=O) groups excluding carboxylic acids is 2. The maximum absolute atomic E-state index is 14.1. The highest BCUT2D eigenvalue weighted by Crippen LogP contribution is 2.35. The molecule has 224 valence electrons. The van der Waals surface area contributed by atoms with Crippen molar-refractivity contribution in [2.24, 2.45) is 0 Å². The quantitative estimate of drug-likeness (QED) is 0.245. The van der Waals surface area contributed by atoms with Gasteiger partial charge in [-0.1, -0.05) is 94.3 Å². The van der Waals surface area contributed by atoms with E-state index in [2.05, 4.69) is 21.2 Å². The van der Waals surface area contributed by atoms with Crippen LogP contribution in [0.5, 0.6) is 0 Å². The molecule has 0 aliphatic heterocycles. The zero-order chi connectivity index (χ0) is 30.4. The van der Waals surface area contributed by atoms with Gasteiger partial charge in [0.25, 0.3) is 10.0 Å². The zero-order valence-electron chi connectivity index (χ0n) is 23.5. The number of nitrogens with one attached hydrogen (secondary N) is 1. The molecule has 42 heavy (non-hydrogen) atoms. The second-order valence-corrected chi connectivity index (χ2v) is 14.1. The van der Waals surface area contributed by atoms with Crippen molar-refractivity contribution >= 4 is 66.7 Å². The molecule has 0 spiro atoms. The van der Waals surface area contributed by atoms with E-state index in [1.54, 1.807) is 31.2 Å². The van der Waals surface area contributed by atoms with Gasteiger partial charge in [0.05, 0.1) is 20.6 Å². The summed E-state index contributed by atoms with van der Waals surface area (Å²) in [5.41, 5.74) is 1.74. The molecule has 4 rings (SSSR count). The van der Waals surface area contributed by atoms with Crippen LogP contribution in [0.2, 0.25) is 10.0 Å². The number of aryl methyl sites for hydroxylation is 1. The van der Waals surface area contributed by atoms with E-state index in [-0.39, 0.29) is 39.1 Å². The lowest BCUT2D eigenvalue weighted by Crippen LogP contribution is -2.53. The summed E-state index contributed by atoms with van der Waals surface area (Å²) in [6, 6.07) is 17.6. The number of hydrogen-bond acceptors (Lipinski definition) is 4. The van der Waals surface area contributed by atoms with Gasteiger partial charge in [-0.3, -0.25) is 13.9 Å². The lowest BCUT2D eigenvalue weighted by molar-refractivity contribution is -0.139. The van der Waals surface area contributed by atoms with E-state index >= 15 is 0 Å². The third kappa shape index (κ3) is 7.86. The first-order valence-corrected chi connectivity index (χ1v) is 16.8. The molecule has 0 saturated heterocycles. The van der Waals surface area contributed by atoms with Gasteiger partial charge in [-0.15, -0.1) is 0 Å². The van der Waals surface area contributed by atoms with Crippen LogP contribution >= 0.6 is 39.1 Å². The molecule has 0 bridgehead atoms. The molecule has 0 heterocycles. The summed E-state index contributed by atoms with van der Waals surface area (Å²) in [4.78, 5) is 29.0. The minimum atomic E-state index is -4.25. The second kappa shape index (κ2) is 14.3. The fourth-order valence-electron chi connectivity index (χ4n) is 4.97. The van der Waals surface area contributed by atoms with E-state index in [0.717, 1.165) is 52.0 Å². The Balaban J connectivity index is 1.70. The first-order chi connectivity index (χ1) is 20.0. The van der Waals surface area contributed by atoms with Gasteiger partial charge in [-0.2, -0.15) is 0 Å². The molecule has 1 saturated carbocycles. The summed E-state index contributed by atoms with van der Waals surface area (Å²) in [7, 11) is -4.25. The highest BCUT2D eigenvalue weighted by Gasteiger charge is 2.34. The molecule has 1 aliphatic rings.